The van der Waals surface area contributed by atoms with Crippen LogP contribution in [0, 0.1) is 6.92 Å². The van der Waals surface area contributed by atoms with Crippen LogP contribution in [0.25, 0.3) is 0 Å². The molecule has 32 heavy (non-hydrogen) atoms. The van der Waals surface area contributed by atoms with Crippen LogP contribution in [-0.2, 0) is 33.8 Å². The van der Waals surface area contributed by atoms with Gasteiger partial charge in [0.15, 0.2) is 0 Å². The van der Waals surface area contributed by atoms with Gasteiger partial charge in [-0.2, -0.15) is 0 Å². The van der Waals surface area contributed by atoms with Gasteiger partial charge in [-0.05, 0) is 43.9 Å². The first-order chi connectivity index (χ1) is 15.4. The number of carbonyl (C=O) groups excluding carboxylic acids is 2. The predicted octanol–water partition coefficient (Wildman–Crippen LogP) is 2.80. The number of carbonyl (C=O) groups is 2. The van der Waals surface area contributed by atoms with Crippen molar-refractivity contribution in [3.63, 3.8) is 0 Å². The molecule has 1 atom stereocenters. The molecule has 0 saturated carbocycles. The van der Waals surface area contributed by atoms with E-state index in [9.17, 15) is 9.59 Å². The van der Waals surface area contributed by atoms with Gasteiger partial charge >= 0.3 is 0 Å². The summed E-state index contributed by atoms with van der Waals surface area (Å²) in [6.07, 6.45) is 3.37. The Morgan fingerprint density at radius 1 is 1.31 bits per heavy atom. The molecule has 3 heterocycles. The number of ether oxygens (including phenoxy) is 2. The van der Waals surface area contributed by atoms with E-state index in [0.29, 0.717) is 44.0 Å². The second kappa shape index (κ2) is 9.65. The van der Waals surface area contributed by atoms with E-state index in [1.807, 2.05) is 31.2 Å². The van der Waals surface area contributed by atoms with Gasteiger partial charge in [0.2, 0.25) is 11.8 Å². The zero-order valence-electron chi connectivity index (χ0n) is 19.0. The van der Waals surface area contributed by atoms with E-state index in [0.717, 1.165) is 42.0 Å². The number of nitrogens with zero attached hydrogens (tertiary/aromatic N) is 4. The molecule has 0 bridgehead atoms. The van der Waals surface area contributed by atoms with Crippen LogP contribution >= 0.6 is 0 Å². The summed E-state index contributed by atoms with van der Waals surface area (Å²) in [6.45, 7) is 3.37. The summed E-state index contributed by atoms with van der Waals surface area (Å²) in [4.78, 5) is 38.2. The summed E-state index contributed by atoms with van der Waals surface area (Å²) in [7, 11) is 3.38. The Balaban J connectivity index is 1.54. The molecule has 1 saturated heterocycles. The van der Waals surface area contributed by atoms with Crippen LogP contribution in [0.3, 0.4) is 0 Å². The molecule has 8 nitrogen and oxygen atoms in total. The fraction of sp³-hybridized carbons (Fsp3) is 0.500. The van der Waals surface area contributed by atoms with Crippen molar-refractivity contribution < 1.29 is 19.1 Å². The van der Waals surface area contributed by atoms with Crippen molar-refractivity contribution in [3.05, 3.63) is 46.9 Å². The lowest BCUT2D eigenvalue weighted by molar-refractivity contribution is -0.132. The van der Waals surface area contributed by atoms with Crippen molar-refractivity contribution >= 4 is 17.6 Å². The van der Waals surface area contributed by atoms with Gasteiger partial charge in [0, 0.05) is 31.3 Å². The first-order valence-corrected chi connectivity index (χ1v) is 11.1. The Labute approximate surface area is 188 Å². The number of fused-ring (bicyclic) bond motifs is 1. The lowest BCUT2D eigenvalue weighted by Gasteiger charge is -2.30. The molecule has 0 N–H and O–H groups in total. The number of benzene rings is 1. The highest BCUT2D eigenvalue weighted by Gasteiger charge is 2.29. The smallest absolute Gasteiger partial charge is 0.228 e. The van der Waals surface area contributed by atoms with Gasteiger partial charge in [0.1, 0.15) is 17.4 Å². The minimum Gasteiger partial charge on any atom is -0.497 e. The van der Waals surface area contributed by atoms with Crippen molar-refractivity contribution in [2.24, 2.45) is 0 Å². The van der Waals surface area contributed by atoms with Crippen LogP contribution < -0.4 is 9.64 Å². The van der Waals surface area contributed by atoms with E-state index in [1.54, 1.807) is 24.0 Å². The molecule has 170 valence electrons. The third-order valence-corrected chi connectivity index (χ3v) is 6.09. The largest absolute Gasteiger partial charge is 0.497 e. The molecule has 0 spiro atoms. The van der Waals surface area contributed by atoms with Gasteiger partial charge in [-0.3, -0.25) is 14.5 Å². The Kier molecular flexibility index (Phi) is 6.69. The van der Waals surface area contributed by atoms with Crippen molar-refractivity contribution in [1.29, 1.82) is 0 Å². The standard InChI is InChI=1S/C24H30N4O4/c1-16-20-9-10-22(29)28(14-17-6-4-7-18(12-17)31-3)24(20)26-21(25-16)15-27(2)23(30)13-19-8-5-11-32-19/h4,6-7,12,19H,5,8-11,13-15H2,1-3H3/t19-/m0/s1. The molecule has 2 aliphatic heterocycles. The zero-order chi connectivity index (χ0) is 22.7. The highest BCUT2D eigenvalue weighted by Crippen LogP contribution is 2.30. The molecule has 1 aromatic carbocycles. The van der Waals surface area contributed by atoms with Crippen molar-refractivity contribution in [1.82, 2.24) is 14.9 Å². The van der Waals surface area contributed by atoms with Gasteiger partial charge in [0.05, 0.1) is 32.7 Å². The second-order valence-electron chi connectivity index (χ2n) is 8.45. The van der Waals surface area contributed by atoms with Crippen LogP contribution in [0.4, 0.5) is 5.82 Å². The molecule has 2 aliphatic rings. The molecule has 2 aromatic rings. The molecular formula is C24H30N4O4. The normalized spacial score (nSPS) is 17.9. The molecule has 0 unspecified atom stereocenters. The highest BCUT2D eigenvalue weighted by atomic mass is 16.5. The van der Waals surface area contributed by atoms with Crippen molar-refractivity contribution in [2.45, 2.75) is 58.2 Å². The van der Waals surface area contributed by atoms with Crippen LogP contribution in [0.1, 0.15) is 48.3 Å². The second-order valence-corrected chi connectivity index (χ2v) is 8.45. The van der Waals surface area contributed by atoms with E-state index in [1.165, 1.54) is 0 Å². The monoisotopic (exact) mass is 438 g/mol. The van der Waals surface area contributed by atoms with Crippen LogP contribution in [0.5, 0.6) is 5.75 Å². The third-order valence-electron chi connectivity index (χ3n) is 6.09. The molecule has 1 aromatic heterocycles. The van der Waals surface area contributed by atoms with Gasteiger partial charge < -0.3 is 14.4 Å². The number of hydrogen-bond donors (Lipinski definition) is 0. The number of anilines is 1. The number of rotatable bonds is 7. The molecule has 0 aliphatic carbocycles. The van der Waals surface area contributed by atoms with E-state index >= 15 is 0 Å². The summed E-state index contributed by atoms with van der Waals surface area (Å²) in [5.41, 5.74) is 2.81. The van der Waals surface area contributed by atoms with Crippen LogP contribution in [-0.4, -0.2) is 53.6 Å². The average molecular weight is 439 g/mol. The SMILES string of the molecule is COc1cccc(CN2C(=O)CCc3c(C)nc(CN(C)C(=O)C[C@@H]4CCCO4)nc32)c1. The maximum Gasteiger partial charge on any atom is 0.228 e. The Morgan fingerprint density at radius 3 is 2.91 bits per heavy atom. The zero-order valence-corrected chi connectivity index (χ0v) is 19.0. The van der Waals surface area contributed by atoms with Crippen molar-refractivity contribution in [2.75, 3.05) is 25.7 Å². The van der Waals surface area contributed by atoms with Crippen LogP contribution in [0.15, 0.2) is 24.3 Å². The molecular weight excluding hydrogens is 408 g/mol. The first kappa shape index (κ1) is 22.2. The fourth-order valence-electron chi connectivity index (χ4n) is 4.28. The van der Waals surface area contributed by atoms with Gasteiger partial charge in [-0.15, -0.1) is 0 Å². The molecule has 4 rings (SSSR count). The summed E-state index contributed by atoms with van der Waals surface area (Å²) < 4.78 is 10.9. The Hall–Kier alpha value is -3.00. The maximum atomic E-state index is 12.8. The Morgan fingerprint density at radius 2 is 2.16 bits per heavy atom. The highest BCUT2D eigenvalue weighted by molar-refractivity contribution is 5.95. The molecule has 8 heteroatoms. The average Bonchev–Trinajstić information content (AvgIpc) is 3.29. The first-order valence-electron chi connectivity index (χ1n) is 11.1. The maximum absolute atomic E-state index is 12.8. The molecule has 0 radical (unpaired) electrons. The number of methoxy groups -OCH3 is 1. The van der Waals surface area contributed by atoms with E-state index in [2.05, 4.69) is 4.98 Å². The number of aromatic nitrogens is 2. The summed E-state index contributed by atoms with van der Waals surface area (Å²) in [5.74, 6) is 1.98. The third kappa shape index (κ3) is 4.91. The minimum absolute atomic E-state index is 0.00659. The van der Waals surface area contributed by atoms with E-state index in [-0.39, 0.29) is 17.9 Å². The predicted molar refractivity (Wildman–Crippen MR) is 119 cm³/mol. The molecule has 2 amide bonds. The quantitative estimate of drug-likeness (QED) is 0.661. The summed E-state index contributed by atoms with van der Waals surface area (Å²) in [6, 6.07) is 7.68. The minimum atomic E-state index is 0.00659. The van der Waals surface area contributed by atoms with Gasteiger partial charge in [-0.25, -0.2) is 9.97 Å². The number of hydrogen-bond acceptors (Lipinski definition) is 6. The topological polar surface area (TPSA) is 84.9 Å². The fourth-order valence-corrected chi connectivity index (χ4v) is 4.28. The molecule has 1 fully saturated rings. The van der Waals surface area contributed by atoms with Gasteiger partial charge in [-0.1, -0.05) is 12.1 Å². The van der Waals surface area contributed by atoms with Crippen LogP contribution in [0.2, 0.25) is 0 Å². The lowest BCUT2D eigenvalue weighted by Crippen LogP contribution is -2.37. The number of aryl methyl sites for hydroxylation is 1. The lowest BCUT2D eigenvalue weighted by atomic mass is 10.0. The van der Waals surface area contributed by atoms with E-state index < -0.39 is 0 Å². The Bertz CT molecular complexity index is 1000. The number of amides is 2. The summed E-state index contributed by atoms with van der Waals surface area (Å²) >= 11 is 0. The van der Waals surface area contributed by atoms with Crippen molar-refractivity contribution in [3.8, 4) is 5.75 Å². The van der Waals surface area contributed by atoms with Gasteiger partial charge in [0.25, 0.3) is 0 Å². The van der Waals surface area contributed by atoms with E-state index in [4.69, 9.17) is 14.5 Å². The summed E-state index contributed by atoms with van der Waals surface area (Å²) in [5, 5.41) is 0.